The molecule has 0 unspecified atom stereocenters. The highest BCUT2D eigenvalue weighted by Gasteiger charge is 2.19. The minimum atomic E-state index is -0.221. The number of carbonyl (C=O) groups is 1. The molecule has 0 radical (unpaired) electrons. The number of aromatic nitrogens is 1. The predicted molar refractivity (Wildman–Crippen MR) is 120 cm³/mol. The van der Waals surface area contributed by atoms with Crippen LogP contribution in [0.15, 0.2) is 28.9 Å². The van der Waals surface area contributed by atoms with Crippen molar-refractivity contribution in [3.63, 3.8) is 0 Å². The van der Waals surface area contributed by atoms with Crippen LogP contribution in [0, 0.1) is 0 Å². The Morgan fingerprint density at radius 3 is 2.69 bits per heavy atom. The van der Waals surface area contributed by atoms with Gasteiger partial charge in [0, 0.05) is 50.4 Å². The van der Waals surface area contributed by atoms with E-state index in [0.29, 0.717) is 31.2 Å². The van der Waals surface area contributed by atoms with Crippen molar-refractivity contribution in [2.45, 2.75) is 33.0 Å². The molecular weight excluding hydrogens is 412 g/mol. The highest BCUT2D eigenvalue weighted by atomic mass is 16.5. The van der Waals surface area contributed by atoms with Gasteiger partial charge in [-0.2, -0.15) is 0 Å². The third kappa shape index (κ3) is 6.69. The van der Waals surface area contributed by atoms with E-state index in [4.69, 9.17) is 18.6 Å². The zero-order valence-electron chi connectivity index (χ0n) is 19.4. The summed E-state index contributed by atoms with van der Waals surface area (Å²) >= 11 is 0. The quantitative estimate of drug-likeness (QED) is 0.562. The first-order valence-corrected chi connectivity index (χ1v) is 11.0. The second-order valence-electron chi connectivity index (χ2n) is 8.01. The van der Waals surface area contributed by atoms with Crippen LogP contribution in [-0.2, 0) is 17.8 Å². The van der Waals surface area contributed by atoms with Gasteiger partial charge >= 0.3 is 0 Å². The number of rotatable bonds is 11. The Labute approximate surface area is 189 Å². The van der Waals surface area contributed by atoms with E-state index < -0.39 is 0 Å². The number of oxazole rings is 1. The fourth-order valence-electron chi connectivity index (χ4n) is 3.53. The number of hydrogen-bond donors (Lipinski definition) is 1. The Kier molecular flexibility index (Phi) is 8.90. The number of benzene rings is 1. The lowest BCUT2D eigenvalue weighted by Gasteiger charge is -2.26. The predicted octanol–water partition coefficient (Wildman–Crippen LogP) is 2.16. The summed E-state index contributed by atoms with van der Waals surface area (Å²) in [5, 5.41) is 2.92. The molecule has 3 rings (SSSR count). The summed E-state index contributed by atoms with van der Waals surface area (Å²) in [4.78, 5) is 21.3. The molecular formula is C23H34N4O5. The van der Waals surface area contributed by atoms with Gasteiger partial charge in [0.05, 0.1) is 34.0 Å². The lowest BCUT2D eigenvalue weighted by molar-refractivity contribution is 0.0383. The molecule has 176 valence electrons. The third-order valence-electron chi connectivity index (χ3n) is 5.54. The number of nitrogens with one attached hydrogen (secondary N) is 1. The van der Waals surface area contributed by atoms with Gasteiger partial charge in [-0.1, -0.05) is 6.07 Å². The van der Waals surface area contributed by atoms with Crippen LogP contribution < -0.4 is 14.8 Å². The minimum Gasteiger partial charge on any atom is -0.497 e. The molecule has 1 fully saturated rings. The number of ether oxygens (including phenoxy) is 3. The molecule has 32 heavy (non-hydrogen) atoms. The van der Waals surface area contributed by atoms with Crippen molar-refractivity contribution in [2.24, 2.45) is 0 Å². The smallest absolute Gasteiger partial charge is 0.273 e. The number of hydrogen-bond acceptors (Lipinski definition) is 8. The molecule has 1 aromatic heterocycles. The highest BCUT2D eigenvalue weighted by molar-refractivity contribution is 5.91. The number of carbonyl (C=O) groups excluding carboxylic acids is 1. The average Bonchev–Trinajstić information content (AvgIpc) is 3.28. The van der Waals surface area contributed by atoms with E-state index in [9.17, 15) is 4.79 Å². The first-order valence-electron chi connectivity index (χ1n) is 11.0. The second-order valence-corrected chi connectivity index (χ2v) is 8.01. The molecule has 0 bridgehead atoms. The van der Waals surface area contributed by atoms with Crippen LogP contribution in [0.1, 0.15) is 35.8 Å². The van der Waals surface area contributed by atoms with E-state index >= 15 is 0 Å². The summed E-state index contributed by atoms with van der Waals surface area (Å²) in [6, 6.07) is 6.02. The van der Waals surface area contributed by atoms with Crippen LogP contribution in [0.25, 0.3) is 0 Å². The highest BCUT2D eigenvalue weighted by Crippen LogP contribution is 2.26. The van der Waals surface area contributed by atoms with Crippen molar-refractivity contribution >= 4 is 5.91 Å². The van der Waals surface area contributed by atoms with Crippen molar-refractivity contribution in [1.29, 1.82) is 0 Å². The molecule has 1 aliphatic rings. The number of morpholine rings is 1. The molecule has 0 saturated carbocycles. The molecule has 1 saturated heterocycles. The fourth-order valence-corrected chi connectivity index (χ4v) is 3.53. The molecule has 1 N–H and O–H groups in total. The first-order chi connectivity index (χ1) is 15.5. The largest absolute Gasteiger partial charge is 0.497 e. The van der Waals surface area contributed by atoms with Gasteiger partial charge < -0.3 is 23.9 Å². The normalized spacial score (nSPS) is 14.7. The van der Waals surface area contributed by atoms with E-state index in [2.05, 4.69) is 33.9 Å². The van der Waals surface area contributed by atoms with Gasteiger partial charge in [-0.15, -0.1) is 0 Å². The lowest BCUT2D eigenvalue weighted by Crippen LogP contribution is -2.41. The Balaban J connectivity index is 1.56. The van der Waals surface area contributed by atoms with E-state index in [1.54, 1.807) is 14.2 Å². The first kappa shape index (κ1) is 24.0. The molecule has 1 aliphatic heterocycles. The van der Waals surface area contributed by atoms with Gasteiger partial charge in [-0.25, -0.2) is 4.98 Å². The molecule has 0 atom stereocenters. The van der Waals surface area contributed by atoms with Gasteiger partial charge in [0.25, 0.3) is 5.91 Å². The van der Waals surface area contributed by atoms with Crippen LogP contribution in [0.5, 0.6) is 11.5 Å². The maximum atomic E-state index is 12.4. The standard InChI is InChI=1S/C23H34N4O5/c1-17(2)27(14-18-5-6-19(29-3)13-21(18)30-4)15-22-25-20(16-32-22)23(28)24-7-8-26-9-11-31-12-10-26/h5-6,13,16-17H,7-12,14-15H2,1-4H3,(H,24,28). The van der Waals surface area contributed by atoms with Crippen LogP contribution in [-0.4, -0.2) is 80.3 Å². The van der Waals surface area contributed by atoms with Crippen LogP contribution in [0.4, 0.5) is 0 Å². The van der Waals surface area contributed by atoms with Crippen molar-refractivity contribution in [3.8, 4) is 11.5 Å². The van der Waals surface area contributed by atoms with Gasteiger partial charge in [0.15, 0.2) is 5.69 Å². The van der Waals surface area contributed by atoms with Gasteiger partial charge in [0.2, 0.25) is 5.89 Å². The van der Waals surface area contributed by atoms with Crippen LogP contribution in [0.2, 0.25) is 0 Å². The maximum absolute atomic E-state index is 12.4. The zero-order valence-corrected chi connectivity index (χ0v) is 19.4. The number of amides is 1. The van der Waals surface area contributed by atoms with E-state index in [0.717, 1.165) is 49.9 Å². The Morgan fingerprint density at radius 1 is 1.22 bits per heavy atom. The molecule has 9 heteroatoms. The van der Waals surface area contributed by atoms with Crippen LogP contribution >= 0.6 is 0 Å². The van der Waals surface area contributed by atoms with Crippen molar-refractivity contribution in [2.75, 3.05) is 53.6 Å². The summed E-state index contributed by atoms with van der Waals surface area (Å²) in [5.74, 6) is 1.80. The maximum Gasteiger partial charge on any atom is 0.273 e. The van der Waals surface area contributed by atoms with E-state index in [1.807, 2.05) is 18.2 Å². The molecule has 0 aliphatic carbocycles. The van der Waals surface area contributed by atoms with Gasteiger partial charge in [-0.05, 0) is 19.9 Å². The minimum absolute atomic E-state index is 0.221. The topological polar surface area (TPSA) is 89.3 Å². The van der Waals surface area contributed by atoms with E-state index in [1.165, 1.54) is 6.26 Å². The van der Waals surface area contributed by atoms with Crippen molar-refractivity contribution < 1.29 is 23.4 Å². The van der Waals surface area contributed by atoms with Gasteiger partial charge in [-0.3, -0.25) is 14.6 Å². The third-order valence-corrected chi connectivity index (χ3v) is 5.54. The molecule has 2 aromatic rings. The average molecular weight is 447 g/mol. The number of methoxy groups -OCH3 is 2. The van der Waals surface area contributed by atoms with Crippen molar-refractivity contribution in [1.82, 2.24) is 20.1 Å². The number of nitrogens with zero attached hydrogens (tertiary/aromatic N) is 3. The zero-order chi connectivity index (χ0) is 22.9. The Morgan fingerprint density at radius 2 is 2.00 bits per heavy atom. The monoisotopic (exact) mass is 446 g/mol. The summed E-state index contributed by atoms with van der Waals surface area (Å²) in [5.41, 5.74) is 1.34. The molecule has 9 nitrogen and oxygen atoms in total. The summed E-state index contributed by atoms with van der Waals surface area (Å²) in [7, 11) is 3.28. The second kappa shape index (κ2) is 11.8. The summed E-state index contributed by atoms with van der Waals surface area (Å²) < 4.78 is 21.8. The Bertz CT molecular complexity index is 864. The summed E-state index contributed by atoms with van der Waals surface area (Å²) in [6.45, 7) is 9.99. The van der Waals surface area contributed by atoms with Crippen molar-refractivity contribution in [3.05, 3.63) is 41.6 Å². The summed E-state index contributed by atoms with van der Waals surface area (Å²) in [6.07, 6.45) is 1.42. The van der Waals surface area contributed by atoms with Crippen LogP contribution in [0.3, 0.4) is 0 Å². The SMILES string of the molecule is COc1ccc(CN(Cc2nc(C(=O)NCCN3CCOCC3)co2)C(C)C)c(OC)c1. The Hall–Kier alpha value is -2.62. The molecule has 0 spiro atoms. The molecule has 1 amide bonds. The fraction of sp³-hybridized carbons (Fsp3) is 0.565. The lowest BCUT2D eigenvalue weighted by atomic mass is 10.1. The van der Waals surface area contributed by atoms with E-state index in [-0.39, 0.29) is 11.9 Å². The van der Waals surface area contributed by atoms with Gasteiger partial charge in [0.1, 0.15) is 17.8 Å². The molecule has 1 aromatic carbocycles. The molecule has 2 heterocycles.